The van der Waals surface area contributed by atoms with Crippen LogP contribution in [0.4, 0.5) is 0 Å². The Kier molecular flexibility index (Phi) is 2.14. The smallest absolute Gasteiger partial charge is 0.274 e. The van der Waals surface area contributed by atoms with Crippen LogP contribution in [0.2, 0.25) is 0 Å². The zero-order chi connectivity index (χ0) is 9.26. The molecule has 13 heavy (non-hydrogen) atoms. The summed E-state index contributed by atoms with van der Waals surface area (Å²) in [7, 11) is 1.63. The number of hydrogen-bond donors (Lipinski definition) is 0. The Morgan fingerprint density at radius 1 is 1.46 bits per heavy atom. The SMILES string of the molecule is CO[n+]1cccc2c(Br)cncc21. The lowest BCUT2D eigenvalue weighted by atomic mass is 10.3. The van der Waals surface area contributed by atoms with E-state index in [1.165, 1.54) is 0 Å². The molecule has 2 aromatic rings. The van der Waals surface area contributed by atoms with Crippen LogP contribution in [0, 0.1) is 0 Å². The van der Waals surface area contributed by atoms with Gasteiger partial charge in [-0.3, -0.25) is 9.82 Å². The van der Waals surface area contributed by atoms with E-state index in [2.05, 4.69) is 20.9 Å². The molecule has 0 unspecified atom stereocenters. The van der Waals surface area contributed by atoms with Crippen LogP contribution in [0.5, 0.6) is 0 Å². The van der Waals surface area contributed by atoms with Crippen molar-refractivity contribution < 1.29 is 9.57 Å². The van der Waals surface area contributed by atoms with Gasteiger partial charge in [0.2, 0.25) is 6.20 Å². The highest BCUT2D eigenvalue weighted by Gasteiger charge is 2.10. The topological polar surface area (TPSA) is 26.0 Å². The van der Waals surface area contributed by atoms with Crippen molar-refractivity contribution in [1.82, 2.24) is 4.98 Å². The lowest BCUT2D eigenvalue weighted by molar-refractivity contribution is -0.865. The summed E-state index contributed by atoms with van der Waals surface area (Å²) in [5.74, 6) is 0. The van der Waals surface area contributed by atoms with Gasteiger partial charge in [0.05, 0.1) is 5.39 Å². The molecule has 0 atom stereocenters. The van der Waals surface area contributed by atoms with E-state index in [0.717, 1.165) is 15.4 Å². The van der Waals surface area contributed by atoms with Crippen LogP contribution in [-0.2, 0) is 0 Å². The van der Waals surface area contributed by atoms with Crippen LogP contribution in [0.15, 0.2) is 35.2 Å². The highest BCUT2D eigenvalue weighted by Crippen LogP contribution is 2.18. The zero-order valence-electron chi connectivity index (χ0n) is 7.07. The number of hydrogen-bond acceptors (Lipinski definition) is 2. The molecule has 0 saturated heterocycles. The summed E-state index contributed by atoms with van der Waals surface area (Å²) in [6.45, 7) is 0. The van der Waals surface area contributed by atoms with E-state index < -0.39 is 0 Å². The van der Waals surface area contributed by atoms with Crippen LogP contribution in [-0.4, -0.2) is 12.1 Å². The van der Waals surface area contributed by atoms with Gasteiger partial charge in [0.1, 0.15) is 13.3 Å². The van der Waals surface area contributed by atoms with E-state index in [0.29, 0.717) is 0 Å². The maximum atomic E-state index is 5.14. The molecule has 0 aliphatic carbocycles. The first-order valence-electron chi connectivity index (χ1n) is 3.81. The Bertz CT molecular complexity index is 445. The summed E-state index contributed by atoms with van der Waals surface area (Å²) in [5.41, 5.74) is 0.944. The third kappa shape index (κ3) is 1.37. The molecule has 0 saturated carbocycles. The van der Waals surface area contributed by atoms with Crippen LogP contribution in [0.3, 0.4) is 0 Å². The van der Waals surface area contributed by atoms with Crippen molar-refractivity contribution in [1.29, 1.82) is 0 Å². The van der Waals surface area contributed by atoms with Crippen molar-refractivity contribution in [2.75, 3.05) is 7.11 Å². The minimum atomic E-state index is 0.944. The second-order valence-electron chi connectivity index (χ2n) is 2.57. The van der Waals surface area contributed by atoms with Crippen molar-refractivity contribution in [2.24, 2.45) is 0 Å². The van der Waals surface area contributed by atoms with E-state index in [-0.39, 0.29) is 0 Å². The average molecular weight is 240 g/mol. The predicted molar refractivity (Wildman–Crippen MR) is 52.1 cm³/mol. The van der Waals surface area contributed by atoms with E-state index >= 15 is 0 Å². The van der Waals surface area contributed by atoms with Gasteiger partial charge in [-0.05, 0) is 22.0 Å². The maximum Gasteiger partial charge on any atom is 0.283 e. The Balaban J connectivity index is 2.84. The third-order valence-electron chi connectivity index (χ3n) is 1.84. The van der Waals surface area contributed by atoms with E-state index in [4.69, 9.17) is 4.84 Å². The van der Waals surface area contributed by atoms with Gasteiger partial charge in [-0.2, -0.15) is 0 Å². The Morgan fingerprint density at radius 3 is 3.08 bits per heavy atom. The van der Waals surface area contributed by atoms with Gasteiger partial charge in [-0.25, -0.2) is 0 Å². The quantitative estimate of drug-likeness (QED) is 0.703. The molecular weight excluding hydrogens is 232 g/mol. The second-order valence-corrected chi connectivity index (χ2v) is 3.43. The number of rotatable bonds is 1. The molecule has 3 nitrogen and oxygen atoms in total. The molecule has 0 N–H and O–H groups in total. The van der Waals surface area contributed by atoms with Gasteiger partial charge < -0.3 is 0 Å². The first-order valence-corrected chi connectivity index (χ1v) is 4.60. The molecule has 0 aliphatic rings. The van der Waals surface area contributed by atoms with Gasteiger partial charge in [0, 0.05) is 21.5 Å². The van der Waals surface area contributed by atoms with Crippen LogP contribution < -0.4 is 9.57 Å². The Hall–Kier alpha value is -1.16. The molecule has 0 aliphatic heterocycles. The standard InChI is InChI=1S/C9H8BrN2O/c1-13-12-4-2-3-7-8(10)5-11-6-9(7)12/h2-6H,1H3/q+1. The summed E-state index contributed by atoms with van der Waals surface area (Å²) in [5, 5.41) is 1.08. The molecule has 0 amide bonds. The average Bonchev–Trinajstić information content (AvgIpc) is 2.18. The van der Waals surface area contributed by atoms with Crippen molar-refractivity contribution in [3.63, 3.8) is 0 Å². The first-order chi connectivity index (χ1) is 6.33. The van der Waals surface area contributed by atoms with Crippen molar-refractivity contribution in [2.45, 2.75) is 0 Å². The molecule has 2 aromatic heterocycles. The minimum absolute atomic E-state index is 0.944. The number of nitrogens with zero attached hydrogens (tertiary/aromatic N) is 2. The summed E-state index contributed by atoms with van der Waals surface area (Å²) in [6.07, 6.45) is 5.38. The summed E-state index contributed by atoms with van der Waals surface area (Å²) in [4.78, 5) is 9.21. The molecule has 2 rings (SSSR count). The normalized spacial score (nSPS) is 10.3. The highest BCUT2D eigenvalue weighted by molar-refractivity contribution is 9.10. The second kappa shape index (κ2) is 3.30. The van der Waals surface area contributed by atoms with Gasteiger partial charge >= 0.3 is 0 Å². The fourth-order valence-corrected chi connectivity index (χ4v) is 1.69. The highest BCUT2D eigenvalue weighted by atomic mass is 79.9. The first kappa shape index (κ1) is 8.44. The van der Waals surface area contributed by atoms with Crippen LogP contribution >= 0.6 is 15.9 Å². The maximum absolute atomic E-state index is 5.14. The monoisotopic (exact) mass is 239 g/mol. The Labute approximate surface area is 84.1 Å². The van der Waals surface area contributed by atoms with Crippen molar-refractivity contribution >= 4 is 26.8 Å². The molecule has 0 fully saturated rings. The van der Waals surface area contributed by atoms with Gasteiger partial charge in [0.15, 0.2) is 0 Å². The minimum Gasteiger partial charge on any atom is -0.274 e. The van der Waals surface area contributed by atoms with Crippen molar-refractivity contribution in [3.8, 4) is 0 Å². The van der Waals surface area contributed by atoms with Gasteiger partial charge in [-0.15, -0.1) is 0 Å². The van der Waals surface area contributed by atoms with Crippen molar-refractivity contribution in [3.05, 3.63) is 35.2 Å². The molecule has 0 spiro atoms. The summed E-state index contributed by atoms with van der Waals surface area (Å²) in [6, 6.07) is 3.94. The fraction of sp³-hybridized carbons (Fsp3) is 0.111. The molecule has 4 heteroatoms. The van der Waals surface area contributed by atoms with E-state index in [1.807, 2.05) is 18.3 Å². The van der Waals surface area contributed by atoms with Gasteiger partial charge in [0.25, 0.3) is 5.52 Å². The largest absolute Gasteiger partial charge is 0.283 e. The number of fused-ring (bicyclic) bond motifs is 1. The fourth-order valence-electron chi connectivity index (χ4n) is 1.23. The molecule has 2 heterocycles. The predicted octanol–water partition coefficient (Wildman–Crippen LogP) is 1.34. The molecule has 0 bridgehead atoms. The lowest BCUT2D eigenvalue weighted by Crippen LogP contribution is -2.40. The Morgan fingerprint density at radius 2 is 2.31 bits per heavy atom. The molecule has 66 valence electrons. The lowest BCUT2D eigenvalue weighted by Gasteiger charge is -1.97. The van der Waals surface area contributed by atoms with Crippen LogP contribution in [0.1, 0.15) is 0 Å². The third-order valence-corrected chi connectivity index (χ3v) is 2.47. The zero-order valence-corrected chi connectivity index (χ0v) is 8.65. The van der Waals surface area contributed by atoms with E-state index in [9.17, 15) is 0 Å². The summed E-state index contributed by atoms with van der Waals surface area (Å²) >= 11 is 3.43. The summed E-state index contributed by atoms with van der Waals surface area (Å²) < 4.78 is 2.64. The molecule has 0 radical (unpaired) electrons. The number of pyridine rings is 2. The molecular formula is C9H8BrN2O+. The molecule has 0 aromatic carbocycles. The number of halogens is 1. The van der Waals surface area contributed by atoms with E-state index in [1.54, 1.807) is 24.2 Å². The number of aromatic nitrogens is 2. The van der Waals surface area contributed by atoms with Gasteiger partial charge in [-0.1, -0.05) is 0 Å². The van der Waals surface area contributed by atoms with Crippen LogP contribution in [0.25, 0.3) is 10.9 Å².